The molecule has 0 aliphatic rings. The number of hydrogen-bond donors (Lipinski definition) is 0. The molecule has 0 aliphatic carbocycles. The lowest BCUT2D eigenvalue weighted by Gasteiger charge is -2.13. The summed E-state index contributed by atoms with van der Waals surface area (Å²) in [6.45, 7) is 10.7. The minimum Gasteiger partial charge on any atom is -0.459 e. The van der Waals surface area contributed by atoms with Gasteiger partial charge in [0.25, 0.3) is 0 Å². The predicted octanol–water partition coefficient (Wildman–Crippen LogP) is 2.11. The summed E-state index contributed by atoms with van der Waals surface area (Å²) in [6, 6.07) is 0. The van der Waals surface area contributed by atoms with Crippen molar-refractivity contribution in [2.45, 2.75) is 32.8 Å². The predicted molar refractivity (Wildman–Crippen MR) is 45.0 cm³/mol. The van der Waals surface area contributed by atoms with Crippen molar-refractivity contribution in [3.63, 3.8) is 0 Å². The molecular weight excluding hydrogens is 140 g/mol. The van der Waals surface area contributed by atoms with Crippen molar-refractivity contribution in [3.8, 4) is 0 Å². The Morgan fingerprint density at radius 3 is 2.45 bits per heavy atom. The fraction of sp³-hybridized carbons (Fsp3) is 0.556. The van der Waals surface area contributed by atoms with Crippen LogP contribution in [-0.2, 0) is 9.53 Å². The number of hydrogen-bond acceptors (Lipinski definition) is 2. The zero-order valence-corrected chi connectivity index (χ0v) is 7.22. The van der Waals surface area contributed by atoms with E-state index in [0.717, 1.165) is 6.42 Å². The van der Waals surface area contributed by atoms with E-state index in [9.17, 15) is 4.79 Å². The second-order valence-corrected chi connectivity index (χ2v) is 2.50. The lowest BCUT2D eigenvalue weighted by Crippen LogP contribution is -2.16. The van der Waals surface area contributed by atoms with E-state index in [1.807, 2.05) is 6.92 Å². The normalized spacial score (nSPS) is 9.82. The van der Waals surface area contributed by atoms with Crippen LogP contribution in [0.3, 0.4) is 0 Å². The van der Waals surface area contributed by atoms with Gasteiger partial charge in [0.2, 0.25) is 0 Å². The summed E-state index contributed by atoms with van der Waals surface area (Å²) in [6.07, 6.45) is 1.37. The van der Waals surface area contributed by atoms with Crippen molar-refractivity contribution >= 4 is 5.97 Å². The maximum Gasteiger partial charge on any atom is 0.333 e. The Balaban J connectivity index is 3.81. The minimum absolute atomic E-state index is 0.0563. The molecule has 0 saturated carbocycles. The van der Waals surface area contributed by atoms with E-state index in [4.69, 9.17) is 4.74 Å². The van der Waals surface area contributed by atoms with Gasteiger partial charge in [-0.25, -0.2) is 4.79 Å². The van der Waals surface area contributed by atoms with E-state index in [1.165, 1.54) is 0 Å². The zero-order valence-electron chi connectivity index (χ0n) is 7.22. The lowest BCUT2D eigenvalue weighted by atomic mass is 10.2. The second kappa shape index (κ2) is 4.94. The zero-order chi connectivity index (χ0) is 8.85. The Labute approximate surface area is 68.2 Å². The second-order valence-electron chi connectivity index (χ2n) is 2.50. The molecule has 0 fully saturated rings. The fourth-order valence-electron chi connectivity index (χ4n) is 0.598. The van der Waals surface area contributed by atoms with Gasteiger partial charge in [-0.05, 0) is 26.7 Å². The summed E-state index contributed by atoms with van der Waals surface area (Å²) in [5.41, 5.74) is 0.442. The molecule has 63 valence electrons. The summed E-state index contributed by atoms with van der Waals surface area (Å²) in [5.74, 6) is -0.319. The molecule has 0 N–H and O–H groups in total. The third kappa shape index (κ3) is 3.81. The first kappa shape index (κ1) is 10.2. The molecule has 2 heteroatoms. The Kier molecular flexibility index (Phi) is 4.59. The average Bonchev–Trinajstić information content (AvgIpc) is 1.99. The third-order valence-electron chi connectivity index (χ3n) is 1.40. The lowest BCUT2D eigenvalue weighted by molar-refractivity contribution is -0.144. The molecule has 0 spiro atoms. The van der Waals surface area contributed by atoms with E-state index < -0.39 is 0 Å². The van der Waals surface area contributed by atoms with Gasteiger partial charge < -0.3 is 4.74 Å². The molecule has 11 heavy (non-hydrogen) atoms. The van der Waals surface area contributed by atoms with Gasteiger partial charge in [0, 0.05) is 5.57 Å². The van der Waals surface area contributed by atoms with Crippen molar-refractivity contribution in [2.24, 2.45) is 0 Å². The molecule has 2 nitrogen and oxygen atoms in total. The van der Waals surface area contributed by atoms with Gasteiger partial charge in [-0.2, -0.15) is 0 Å². The maximum absolute atomic E-state index is 10.9. The van der Waals surface area contributed by atoms with Crippen molar-refractivity contribution < 1.29 is 9.53 Å². The van der Waals surface area contributed by atoms with Crippen molar-refractivity contribution in [1.82, 2.24) is 0 Å². The fourth-order valence-corrected chi connectivity index (χ4v) is 0.598. The van der Waals surface area contributed by atoms with Crippen molar-refractivity contribution in [1.29, 1.82) is 0 Å². The Hall–Kier alpha value is -0.790. The summed E-state index contributed by atoms with van der Waals surface area (Å²) >= 11 is 0. The smallest absolute Gasteiger partial charge is 0.333 e. The first-order chi connectivity index (χ1) is 5.11. The summed E-state index contributed by atoms with van der Waals surface area (Å²) in [4.78, 5) is 10.9. The number of carbonyl (C=O) groups excluding carboxylic acids is 1. The van der Waals surface area contributed by atoms with Crippen LogP contribution in [0.25, 0.3) is 0 Å². The number of rotatable bonds is 4. The summed E-state index contributed by atoms with van der Waals surface area (Å²) in [7, 11) is 0. The van der Waals surface area contributed by atoms with Gasteiger partial charge in [0.05, 0.1) is 0 Å². The molecule has 0 saturated heterocycles. The summed E-state index contributed by atoms with van der Waals surface area (Å²) < 4.78 is 5.01. The molecule has 1 atom stereocenters. The Morgan fingerprint density at radius 1 is 1.64 bits per heavy atom. The van der Waals surface area contributed by atoms with E-state index in [1.54, 1.807) is 6.92 Å². The van der Waals surface area contributed by atoms with E-state index in [2.05, 4.69) is 13.5 Å². The first-order valence-corrected chi connectivity index (χ1v) is 3.77. The third-order valence-corrected chi connectivity index (χ3v) is 1.40. The first-order valence-electron chi connectivity index (χ1n) is 3.77. The quantitative estimate of drug-likeness (QED) is 0.459. The van der Waals surface area contributed by atoms with Crippen LogP contribution in [0.1, 0.15) is 26.7 Å². The molecule has 1 radical (unpaired) electrons. The standard InChI is InChI=1S/C9H15O2/c1-5-8(6-2)11-9(10)7(3)4/h8H,1,3,5-6H2,2,4H3. The number of ether oxygens (including phenoxy) is 1. The molecule has 0 aromatic heterocycles. The van der Waals surface area contributed by atoms with Gasteiger partial charge in [0.1, 0.15) is 6.10 Å². The van der Waals surface area contributed by atoms with Crippen LogP contribution in [0, 0.1) is 6.92 Å². The molecule has 1 unspecified atom stereocenters. The highest BCUT2D eigenvalue weighted by Gasteiger charge is 2.09. The topological polar surface area (TPSA) is 26.3 Å². The minimum atomic E-state index is -0.319. The molecule has 0 aliphatic heterocycles. The largest absolute Gasteiger partial charge is 0.459 e. The number of esters is 1. The maximum atomic E-state index is 10.9. The van der Waals surface area contributed by atoms with Gasteiger partial charge in [-0.15, -0.1) is 0 Å². The van der Waals surface area contributed by atoms with Crippen LogP contribution in [0.4, 0.5) is 0 Å². The molecular formula is C9H15O2. The van der Waals surface area contributed by atoms with Crippen molar-refractivity contribution in [3.05, 3.63) is 19.1 Å². The van der Waals surface area contributed by atoms with Crippen LogP contribution in [-0.4, -0.2) is 12.1 Å². The molecule has 0 aromatic rings. The van der Waals surface area contributed by atoms with Gasteiger partial charge in [-0.1, -0.05) is 13.5 Å². The van der Waals surface area contributed by atoms with E-state index in [-0.39, 0.29) is 12.1 Å². The molecule has 0 bridgehead atoms. The number of carbonyl (C=O) groups is 1. The highest BCUT2D eigenvalue weighted by atomic mass is 16.5. The van der Waals surface area contributed by atoms with Gasteiger partial charge in [0.15, 0.2) is 0 Å². The van der Waals surface area contributed by atoms with Crippen LogP contribution in [0.15, 0.2) is 12.2 Å². The van der Waals surface area contributed by atoms with E-state index >= 15 is 0 Å². The Morgan fingerprint density at radius 2 is 2.18 bits per heavy atom. The van der Waals surface area contributed by atoms with Crippen LogP contribution in [0.2, 0.25) is 0 Å². The van der Waals surface area contributed by atoms with Gasteiger partial charge in [-0.3, -0.25) is 0 Å². The highest BCUT2D eigenvalue weighted by Crippen LogP contribution is 2.05. The van der Waals surface area contributed by atoms with Crippen LogP contribution < -0.4 is 0 Å². The monoisotopic (exact) mass is 155 g/mol. The van der Waals surface area contributed by atoms with Crippen LogP contribution in [0.5, 0.6) is 0 Å². The van der Waals surface area contributed by atoms with Gasteiger partial charge >= 0.3 is 5.97 Å². The summed E-state index contributed by atoms with van der Waals surface area (Å²) in [5, 5.41) is 0. The van der Waals surface area contributed by atoms with Crippen LogP contribution >= 0.6 is 0 Å². The molecule has 0 amide bonds. The SMILES string of the molecule is [CH2]CC(CC)OC(=O)C(=C)C. The molecule has 0 heterocycles. The molecule has 0 rings (SSSR count). The Bertz CT molecular complexity index is 146. The van der Waals surface area contributed by atoms with Crippen molar-refractivity contribution in [2.75, 3.05) is 0 Å². The average molecular weight is 155 g/mol. The van der Waals surface area contributed by atoms with E-state index in [0.29, 0.717) is 12.0 Å². The molecule has 0 aromatic carbocycles. The highest BCUT2D eigenvalue weighted by molar-refractivity contribution is 5.87.